The molecule has 6 heteroatoms. The van der Waals surface area contributed by atoms with Crippen molar-refractivity contribution in [1.82, 2.24) is 4.98 Å². The Labute approximate surface area is 138 Å². The molecule has 0 bridgehead atoms. The summed E-state index contributed by atoms with van der Waals surface area (Å²) in [5, 5.41) is 15.5. The highest BCUT2D eigenvalue weighted by Gasteiger charge is 2.03. The Morgan fingerprint density at radius 3 is 2.91 bits per heavy atom. The predicted molar refractivity (Wildman–Crippen MR) is 92.6 cm³/mol. The molecule has 3 aromatic rings. The number of hydrogen-bond donors (Lipinski definition) is 2. The minimum atomic E-state index is 0.128. The molecule has 0 aliphatic rings. The number of ether oxygens (including phenoxy) is 1. The van der Waals surface area contributed by atoms with E-state index in [1.165, 1.54) is 6.21 Å². The maximum Gasteiger partial charge on any atom is 0.124 e. The van der Waals surface area contributed by atoms with Gasteiger partial charge in [-0.05, 0) is 42.5 Å². The lowest BCUT2D eigenvalue weighted by Gasteiger charge is -2.06. The largest absolute Gasteiger partial charge is 0.507 e. The van der Waals surface area contributed by atoms with Gasteiger partial charge in [0.2, 0.25) is 0 Å². The standard InChI is InChI=1S/C17H14ClN3O2/c1-23-13-3-5-17(22)11(8-13)10-20-21-15-6-7-19-16-9-12(18)2-4-14(15)16/h2-10,22H,1H3,(H,19,21). The maximum absolute atomic E-state index is 9.83. The molecule has 0 fully saturated rings. The third-order valence-electron chi connectivity index (χ3n) is 3.33. The molecule has 0 amide bonds. The smallest absolute Gasteiger partial charge is 0.124 e. The van der Waals surface area contributed by atoms with E-state index in [9.17, 15) is 5.11 Å². The summed E-state index contributed by atoms with van der Waals surface area (Å²) in [6, 6.07) is 12.2. The number of nitrogens with one attached hydrogen (secondary N) is 1. The van der Waals surface area contributed by atoms with Crippen molar-refractivity contribution >= 4 is 34.4 Å². The molecule has 0 aliphatic carbocycles. The number of aromatic nitrogens is 1. The van der Waals surface area contributed by atoms with Gasteiger partial charge in [-0.2, -0.15) is 5.10 Å². The third kappa shape index (κ3) is 3.35. The van der Waals surface area contributed by atoms with Crippen LogP contribution in [0.1, 0.15) is 5.56 Å². The van der Waals surface area contributed by atoms with E-state index in [2.05, 4.69) is 15.5 Å². The van der Waals surface area contributed by atoms with Crippen LogP contribution in [0, 0.1) is 0 Å². The summed E-state index contributed by atoms with van der Waals surface area (Å²) >= 11 is 5.97. The first-order chi connectivity index (χ1) is 11.2. The summed E-state index contributed by atoms with van der Waals surface area (Å²) in [5.41, 5.74) is 5.08. The van der Waals surface area contributed by atoms with E-state index in [-0.39, 0.29) is 5.75 Å². The second-order valence-electron chi connectivity index (χ2n) is 4.81. The molecule has 0 spiro atoms. The fourth-order valence-corrected chi connectivity index (χ4v) is 2.32. The molecule has 0 unspecified atom stereocenters. The zero-order valence-corrected chi connectivity index (χ0v) is 13.1. The first-order valence-electron chi connectivity index (χ1n) is 6.88. The quantitative estimate of drug-likeness (QED) is 0.560. The van der Waals surface area contributed by atoms with Crippen LogP contribution in [0.4, 0.5) is 5.69 Å². The molecule has 0 aliphatic heterocycles. The lowest BCUT2D eigenvalue weighted by atomic mass is 10.2. The second kappa shape index (κ2) is 6.54. The summed E-state index contributed by atoms with van der Waals surface area (Å²) in [5.74, 6) is 0.774. The van der Waals surface area contributed by atoms with Crippen LogP contribution in [0.2, 0.25) is 5.02 Å². The van der Waals surface area contributed by atoms with Crippen molar-refractivity contribution in [3.8, 4) is 11.5 Å². The first kappa shape index (κ1) is 15.1. The van der Waals surface area contributed by atoms with Gasteiger partial charge in [0.25, 0.3) is 0 Å². The molecule has 23 heavy (non-hydrogen) atoms. The fourth-order valence-electron chi connectivity index (χ4n) is 2.15. The van der Waals surface area contributed by atoms with Crippen molar-refractivity contribution in [3.05, 3.63) is 59.2 Å². The Bertz CT molecular complexity index is 881. The Kier molecular flexibility index (Phi) is 4.30. The summed E-state index contributed by atoms with van der Waals surface area (Å²) in [7, 11) is 1.57. The van der Waals surface area contributed by atoms with Crippen LogP contribution >= 0.6 is 11.6 Å². The number of methoxy groups -OCH3 is 1. The van der Waals surface area contributed by atoms with E-state index < -0.39 is 0 Å². The number of hydrazone groups is 1. The van der Waals surface area contributed by atoms with Crippen molar-refractivity contribution < 1.29 is 9.84 Å². The molecule has 0 atom stereocenters. The first-order valence-corrected chi connectivity index (χ1v) is 7.25. The summed E-state index contributed by atoms with van der Waals surface area (Å²) < 4.78 is 5.13. The molecular weight excluding hydrogens is 314 g/mol. The number of halogens is 1. The van der Waals surface area contributed by atoms with Crippen LogP contribution in [0.3, 0.4) is 0 Å². The average Bonchev–Trinajstić information content (AvgIpc) is 2.56. The number of fused-ring (bicyclic) bond motifs is 1. The number of rotatable bonds is 4. The number of pyridine rings is 1. The van der Waals surface area contributed by atoms with Crippen molar-refractivity contribution in [1.29, 1.82) is 0 Å². The fraction of sp³-hybridized carbons (Fsp3) is 0.0588. The van der Waals surface area contributed by atoms with Crippen molar-refractivity contribution in [3.63, 3.8) is 0 Å². The van der Waals surface area contributed by atoms with E-state index in [1.807, 2.05) is 12.1 Å². The molecule has 5 nitrogen and oxygen atoms in total. The van der Waals surface area contributed by atoms with Gasteiger partial charge in [-0.3, -0.25) is 10.4 Å². The predicted octanol–water partition coefficient (Wildman–Crippen LogP) is 4.05. The third-order valence-corrected chi connectivity index (χ3v) is 3.56. The normalized spacial score (nSPS) is 11.0. The lowest BCUT2D eigenvalue weighted by Crippen LogP contribution is -1.93. The molecule has 2 N–H and O–H groups in total. The zero-order chi connectivity index (χ0) is 16.2. The van der Waals surface area contributed by atoms with Crippen LogP contribution in [-0.4, -0.2) is 23.4 Å². The summed E-state index contributed by atoms with van der Waals surface area (Å²) in [6.45, 7) is 0. The Morgan fingerprint density at radius 1 is 1.22 bits per heavy atom. The zero-order valence-electron chi connectivity index (χ0n) is 12.3. The van der Waals surface area contributed by atoms with E-state index in [1.54, 1.807) is 43.6 Å². The molecule has 2 aromatic carbocycles. The highest BCUT2D eigenvalue weighted by atomic mass is 35.5. The van der Waals surface area contributed by atoms with Crippen LogP contribution in [0.25, 0.3) is 10.9 Å². The van der Waals surface area contributed by atoms with Crippen LogP contribution < -0.4 is 10.2 Å². The Morgan fingerprint density at radius 2 is 2.09 bits per heavy atom. The van der Waals surface area contributed by atoms with Gasteiger partial charge in [0, 0.05) is 22.2 Å². The van der Waals surface area contributed by atoms with Crippen LogP contribution in [-0.2, 0) is 0 Å². The molecule has 3 rings (SSSR count). The molecule has 0 saturated carbocycles. The Hall–Kier alpha value is -2.79. The van der Waals surface area contributed by atoms with Gasteiger partial charge in [-0.1, -0.05) is 11.6 Å². The van der Waals surface area contributed by atoms with E-state index >= 15 is 0 Å². The number of aromatic hydroxyl groups is 1. The van der Waals surface area contributed by atoms with Gasteiger partial charge in [0.1, 0.15) is 11.5 Å². The van der Waals surface area contributed by atoms with Crippen molar-refractivity contribution in [2.75, 3.05) is 12.5 Å². The molecular formula is C17H14ClN3O2. The van der Waals surface area contributed by atoms with Crippen molar-refractivity contribution in [2.24, 2.45) is 5.10 Å². The number of phenols is 1. The van der Waals surface area contributed by atoms with Gasteiger partial charge >= 0.3 is 0 Å². The molecule has 1 heterocycles. The van der Waals surface area contributed by atoms with Gasteiger partial charge in [0.15, 0.2) is 0 Å². The monoisotopic (exact) mass is 327 g/mol. The van der Waals surface area contributed by atoms with Crippen LogP contribution in [0.15, 0.2) is 53.8 Å². The van der Waals surface area contributed by atoms with Gasteiger partial charge in [-0.15, -0.1) is 0 Å². The van der Waals surface area contributed by atoms with Gasteiger partial charge in [0.05, 0.1) is 24.5 Å². The highest BCUT2D eigenvalue weighted by Crippen LogP contribution is 2.25. The SMILES string of the molecule is COc1ccc(O)c(C=NNc2ccnc3cc(Cl)ccc23)c1. The van der Waals surface area contributed by atoms with Crippen molar-refractivity contribution in [2.45, 2.75) is 0 Å². The average molecular weight is 328 g/mol. The van der Waals surface area contributed by atoms with E-state index in [4.69, 9.17) is 16.3 Å². The topological polar surface area (TPSA) is 66.7 Å². The molecule has 1 aromatic heterocycles. The molecule has 0 radical (unpaired) electrons. The lowest BCUT2D eigenvalue weighted by molar-refractivity contribution is 0.412. The number of phenolic OH excluding ortho intramolecular Hbond substituents is 1. The minimum absolute atomic E-state index is 0.128. The summed E-state index contributed by atoms with van der Waals surface area (Å²) in [6.07, 6.45) is 3.21. The summed E-state index contributed by atoms with van der Waals surface area (Å²) in [4.78, 5) is 4.27. The number of benzene rings is 2. The number of hydrogen-bond acceptors (Lipinski definition) is 5. The van der Waals surface area contributed by atoms with E-state index in [0.29, 0.717) is 16.3 Å². The molecule has 0 saturated heterocycles. The number of nitrogens with zero attached hydrogens (tertiary/aromatic N) is 2. The number of anilines is 1. The minimum Gasteiger partial charge on any atom is -0.507 e. The molecule has 116 valence electrons. The van der Waals surface area contributed by atoms with E-state index in [0.717, 1.165) is 16.6 Å². The maximum atomic E-state index is 9.83. The second-order valence-corrected chi connectivity index (χ2v) is 5.25. The highest BCUT2D eigenvalue weighted by molar-refractivity contribution is 6.31. The van der Waals surface area contributed by atoms with Gasteiger partial charge in [-0.25, -0.2) is 0 Å². The van der Waals surface area contributed by atoms with Crippen LogP contribution in [0.5, 0.6) is 11.5 Å². The van der Waals surface area contributed by atoms with Gasteiger partial charge < -0.3 is 9.84 Å². The Balaban J connectivity index is 1.86.